The van der Waals surface area contributed by atoms with Gasteiger partial charge in [0.25, 0.3) is 0 Å². The van der Waals surface area contributed by atoms with Crippen molar-refractivity contribution in [3.05, 3.63) is 35.9 Å². The van der Waals surface area contributed by atoms with Crippen molar-refractivity contribution in [3.63, 3.8) is 0 Å². The van der Waals surface area contributed by atoms with Gasteiger partial charge in [-0.25, -0.2) is 0 Å². The van der Waals surface area contributed by atoms with Gasteiger partial charge in [0, 0.05) is 13.5 Å². The number of rotatable bonds is 6. The predicted octanol–water partition coefficient (Wildman–Crippen LogP) is -0.175. The Hall–Kier alpha value is -2.01. The molecule has 1 aliphatic heterocycles. The van der Waals surface area contributed by atoms with Crippen LogP contribution < -0.4 is 4.72 Å². The highest BCUT2D eigenvalue weighted by molar-refractivity contribution is 7.84. The molecule has 1 aliphatic rings. The zero-order valence-electron chi connectivity index (χ0n) is 14.7. The summed E-state index contributed by atoms with van der Waals surface area (Å²) in [7, 11) is -1.20. The van der Waals surface area contributed by atoms with E-state index in [0.29, 0.717) is 6.54 Å². The molecule has 0 spiro atoms. The second-order valence-electron chi connectivity index (χ2n) is 5.90. The Labute approximate surface area is 152 Å². The molecule has 0 bridgehead atoms. The van der Waals surface area contributed by atoms with Gasteiger partial charge in [0.2, 0.25) is 0 Å². The van der Waals surface area contributed by atoms with Crippen molar-refractivity contribution in [1.29, 1.82) is 0 Å². The van der Waals surface area contributed by atoms with Gasteiger partial charge in [0.15, 0.2) is 0 Å². The van der Waals surface area contributed by atoms with Crippen molar-refractivity contribution in [1.82, 2.24) is 9.62 Å². The fourth-order valence-electron chi connectivity index (χ4n) is 2.82. The van der Waals surface area contributed by atoms with Crippen LogP contribution in [0.15, 0.2) is 30.3 Å². The maximum atomic E-state index is 12.4. The van der Waals surface area contributed by atoms with E-state index >= 15 is 0 Å². The normalized spacial score (nSPS) is 23.2. The van der Waals surface area contributed by atoms with Crippen LogP contribution in [0, 0.1) is 0 Å². The van der Waals surface area contributed by atoms with Gasteiger partial charge in [0.05, 0.1) is 13.2 Å². The predicted molar refractivity (Wildman–Crippen MR) is 91.1 cm³/mol. The molecule has 0 amide bonds. The van der Waals surface area contributed by atoms with Crippen LogP contribution in [0.1, 0.15) is 12.5 Å². The first-order chi connectivity index (χ1) is 12.2. The Morgan fingerprint density at radius 3 is 2.58 bits per heavy atom. The van der Waals surface area contributed by atoms with Crippen LogP contribution in [-0.2, 0) is 40.1 Å². The summed E-state index contributed by atoms with van der Waals surface area (Å²) in [6.45, 7) is 1.17. The minimum atomic E-state index is -4.07. The standard InChI is InChI=1S/C16H22N2O7S/c1-11(19)25-13-10-24-26(21,22)17-14(13)15(16(20)23-3)18(2)9-12-7-5-4-6-8-12/h4-8,13-15,17H,9-10H2,1-3H3/t13-,14+,15-/m1/s1. The number of nitrogens with one attached hydrogen (secondary N) is 1. The summed E-state index contributed by atoms with van der Waals surface area (Å²) in [5.41, 5.74) is 0.919. The number of hydrogen-bond acceptors (Lipinski definition) is 8. The second kappa shape index (κ2) is 8.58. The summed E-state index contributed by atoms with van der Waals surface area (Å²) in [5, 5.41) is 0. The average molecular weight is 386 g/mol. The van der Waals surface area contributed by atoms with Gasteiger partial charge in [-0.3, -0.25) is 18.7 Å². The smallest absolute Gasteiger partial charge is 0.336 e. The molecule has 2 rings (SSSR count). The lowest BCUT2D eigenvalue weighted by Gasteiger charge is -2.38. The first-order valence-electron chi connectivity index (χ1n) is 7.89. The molecule has 0 radical (unpaired) electrons. The summed E-state index contributed by atoms with van der Waals surface area (Å²) in [5.74, 6) is -1.27. The monoisotopic (exact) mass is 386 g/mol. The second-order valence-corrected chi connectivity index (χ2v) is 7.28. The molecular weight excluding hydrogens is 364 g/mol. The Bertz CT molecular complexity index is 738. The Kier molecular flexibility index (Phi) is 6.70. The molecule has 1 fully saturated rings. The maximum Gasteiger partial charge on any atom is 0.336 e. The highest BCUT2D eigenvalue weighted by Crippen LogP contribution is 2.20. The van der Waals surface area contributed by atoms with Gasteiger partial charge in [-0.2, -0.15) is 13.1 Å². The summed E-state index contributed by atoms with van der Waals surface area (Å²) >= 11 is 0. The highest BCUT2D eigenvalue weighted by Gasteiger charge is 2.45. The van der Waals surface area contributed by atoms with E-state index in [1.54, 1.807) is 11.9 Å². The number of methoxy groups -OCH3 is 1. The lowest BCUT2D eigenvalue weighted by Crippen LogP contribution is -2.64. The fourth-order valence-corrected chi connectivity index (χ4v) is 3.81. The topological polar surface area (TPSA) is 111 Å². The zero-order chi connectivity index (χ0) is 19.3. The highest BCUT2D eigenvalue weighted by atomic mass is 32.2. The first-order valence-corrected chi connectivity index (χ1v) is 9.30. The number of benzene rings is 1. The largest absolute Gasteiger partial charge is 0.468 e. The lowest BCUT2D eigenvalue weighted by atomic mass is 10.0. The molecule has 0 unspecified atom stereocenters. The molecule has 10 heteroatoms. The van der Waals surface area contributed by atoms with Crippen LogP contribution in [0.3, 0.4) is 0 Å². The first kappa shape index (κ1) is 20.3. The molecule has 144 valence electrons. The molecule has 1 heterocycles. The van der Waals surface area contributed by atoms with E-state index in [4.69, 9.17) is 9.47 Å². The van der Waals surface area contributed by atoms with Gasteiger partial charge in [-0.1, -0.05) is 30.3 Å². The number of esters is 2. The third kappa shape index (κ3) is 5.24. The van der Waals surface area contributed by atoms with Gasteiger partial charge in [0.1, 0.15) is 18.8 Å². The van der Waals surface area contributed by atoms with Crippen LogP contribution >= 0.6 is 0 Å². The molecule has 1 aromatic carbocycles. The van der Waals surface area contributed by atoms with Crippen molar-refractivity contribution in [3.8, 4) is 0 Å². The third-order valence-electron chi connectivity index (χ3n) is 3.92. The van der Waals surface area contributed by atoms with E-state index in [0.717, 1.165) is 5.56 Å². The van der Waals surface area contributed by atoms with Gasteiger partial charge in [-0.15, -0.1) is 0 Å². The van der Waals surface area contributed by atoms with Crippen molar-refractivity contribution < 1.29 is 31.7 Å². The van der Waals surface area contributed by atoms with Crippen molar-refractivity contribution in [2.75, 3.05) is 20.8 Å². The number of likely N-dealkylation sites (N-methyl/N-ethyl adjacent to an activating group) is 1. The summed E-state index contributed by atoms with van der Waals surface area (Å²) in [6.07, 6.45) is -0.974. The van der Waals surface area contributed by atoms with Gasteiger partial charge in [-0.05, 0) is 12.6 Å². The quantitative estimate of drug-likeness (QED) is 0.671. The summed E-state index contributed by atoms with van der Waals surface area (Å²) in [4.78, 5) is 25.4. The minimum absolute atomic E-state index is 0.354. The van der Waals surface area contributed by atoms with Crippen molar-refractivity contribution in [2.24, 2.45) is 0 Å². The van der Waals surface area contributed by atoms with E-state index in [1.807, 2.05) is 30.3 Å². The molecule has 3 atom stereocenters. The summed E-state index contributed by atoms with van der Waals surface area (Å²) in [6, 6.07) is 7.25. The van der Waals surface area contributed by atoms with Gasteiger partial charge >= 0.3 is 22.2 Å². The van der Waals surface area contributed by atoms with E-state index in [1.165, 1.54) is 14.0 Å². The maximum absolute atomic E-state index is 12.4. The summed E-state index contributed by atoms with van der Waals surface area (Å²) < 4.78 is 40.6. The van der Waals surface area contributed by atoms with E-state index in [-0.39, 0.29) is 6.61 Å². The van der Waals surface area contributed by atoms with Crippen LogP contribution in [0.2, 0.25) is 0 Å². The average Bonchev–Trinajstić information content (AvgIpc) is 2.57. The van der Waals surface area contributed by atoms with E-state index < -0.39 is 40.4 Å². The van der Waals surface area contributed by atoms with Crippen molar-refractivity contribution >= 4 is 22.2 Å². The minimum Gasteiger partial charge on any atom is -0.468 e. The number of nitrogens with zero attached hydrogens (tertiary/aromatic N) is 1. The van der Waals surface area contributed by atoms with Crippen molar-refractivity contribution in [2.45, 2.75) is 31.7 Å². The Balaban J connectivity index is 2.31. The molecule has 0 aliphatic carbocycles. The Morgan fingerprint density at radius 1 is 1.35 bits per heavy atom. The van der Waals surface area contributed by atoms with Crippen LogP contribution in [-0.4, -0.2) is 64.2 Å². The number of carbonyl (C=O) groups excluding carboxylic acids is 2. The van der Waals surface area contributed by atoms with E-state index in [9.17, 15) is 18.0 Å². The molecular formula is C16H22N2O7S. The molecule has 1 N–H and O–H groups in total. The molecule has 1 aromatic rings. The van der Waals surface area contributed by atoms with Crippen LogP contribution in [0.4, 0.5) is 0 Å². The van der Waals surface area contributed by atoms with Gasteiger partial charge < -0.3 is 9.47 Å². The molecule has 1 saturated heterocycles. The lowest BCUT2D eigenvalue weighted by molar-refractivity contribution is -0.158. The molecule has 9 nitrogen and oxygen atoms in total. The third-order valence-corrected chi connectivity index (χ3v) is 4.93. The number of carbonyl (C=O) groups is 2. The zero-order valence-corrected chi connectivity index (χ0v) is 15.6. The van der Waals surface area contributed by atoms with E-state index in [2.05, 4.69) is 8.91 Å². The molecule has 0 saturated carbocycles. The fraction of sp³-hybridized carbons (Fsp3) is 0.500. The Morgan fingerprint density at radius 2 is 2.00 bits per heavy atom. The number of hydrogen-bond donors (Lipinski definition) is 1. The molecule has 0 aromatic heterocycles. The van der Waals surface area contributed by atoms with Crippen LogP contribution in [0.25, 0.3) is 0 Å². The SMILES string of the molecule is COC(=O)[C@@H]([C@H]1NS(=O)(=O)OC[C@H]1OC(C)=O)N(C)Cc1ccccc1. The number of ether oxygens (including phenoxy) is 2. The molecule has 26 heavy (non-hydrogen) atoms. The van der Waals surface area contributed by atoms with Crippen LogP contribution in [0.5, 0.6) is 0 Å².